The molecule has 0 fully saturated rings. The smallest absolute Gasteiger partial charge is 0.407 e. The van der Waals surface area contributed by atoms with E-state index in [4.69, 9.17) is 9.47 Å². The van der Waals surface area contributed by atoms with Crippen molar-refractivity contribution in [2.24, 2.45) is 0 Å². The summed E-state index contributed by atoms with van der Waals surface area (Å²) in [5, 5.41) is 14.6. The number of carbonyl (C=O) groups is 4. The number of amides is 3. The Morgan fingerprint density at radius 2 is 1.55 bits per heavy atom. The molecule has 0 aliphatic heterocycles. The lowest BCUT2D eigenvalue weighted by Crippen LogP contribution is -2.51. The van der Waals surface area contributed by atoms with Gasteiger partial charge in [0.05, 0.1) is 6.54 Å². The second-order valence-electron chi connectivity index (χ2n) is 9.98. The molecule has 0 aromatic heterocycles. The van der Waals surface area contributed by atoms with Gasteiger partial charge in [0.1, 0.15) is 18.2 Å². The number of carboxylic acid groups (broad SMARTS) is 1. The number of hydrogen-bond acceptors (Lipinski definition) is 6. The Bertz CT molecular complexity index is 1130. The first-order chi connectivity index (χ1) is 18.0. The van der Waals surface area contributed by atoms with Gasteiger partial charge in [0, 0.05) is 25.4 Å². The molecule has 1 aliphatic rings. The van der Waals surface area contributed by atoms with E-state index in [9.17, 15) is 24.3 Å². The average Bonchev–Trinajstić information content (AvgIpc) is 3.18. The number of nitrogens with zero attached hydrogens (tertiary/aromatic N) is 1. The lowest BCUT2D eigenvalue weighted by Gasteiger charge is -2.26. The fraction of sp³-hybridized carbons (Fsp3) is 0.429. The van der Waals surface area contributed by atoms with E-state index in [1.807, 2.05) is 48.5 Å². The van der Waals surface area contributed by atoms with Crippen molar-refractivity contribution in [2.75, 3.05) is 26.2 Å². The molecule has 2 aromatic carbocycles. The third kappa shape index (κ3) is 7.47. The van der Waals surface area contributed by atoms with Crippen LogP contribution in [0.1, 0.15) is 51.2 Å². The van der Waals surface area contributed by atoms with Gasteiger partial charge in [-0.15, -0.1) is 0 Å². The molecular weight excluding hydrogens is 490 g/mol. The van der Waals surface area contributed by atoms with Crippen LogP contribution in [-0.4, -0.2) is 72.0 Å². The standard InChI is InChI=1S/C28H35N3O7/c1-5-24(32)31(15-14-29-26(35)38-28(2,3)4)16-23(25(33)34)30-27(36)37-17-22-20-12-8-6-10-18(20)19-11-7-9-13-21(19)22/h6-13,22-23H,5,14-17H2,1-4H3,(H,29,35)(H,30,36)(H,33,34)/t23-/m0/s1. The number of aliphatic carboxylic acids is 1. The topological polar surface area (TPSA) is 134 Å². The summed E-state index contributed by atoms with van der Waals surface area (Å²) in [4.78, 5) is 50.1. The Morgan fingerprint density at radius 3 is 2.08 bits per heavy atom. The molecule has 2 aromatic rings. The molecule has 3 amide bonds. The molecule has 0 unspecified atom stereocenters. The van der Waals surface area contributed by atoms with E-state index in [0.29, 0.717) is 0 Å². The summed E-state index contributed by atoms with van der Waals surface area (Å²) in [6, 6.07) is 14.4. The largest absolute Gasteiger partial charge is 0.480 e. The third-order valence-corrected chi connectivity index (χ3v) is 6.04. The van der Waals surface area contributed by atoms with Crippen LogP contribution >= 0.6 is 0 Å². The van der Waals surface area contributed by atoms with Gasteiger partial charge in [-0.1, -0.05) is 55.5 Å². The van der Waals surface area contributed by atoms with Gasteiger partial charge < -0.3 is 30.1 Å². The molecule has 0 bridgehead atoms. The van der Waals surface area contributed by atoms with Crippen LogP contribution in [0.5, 0.6) is 0 Å². The Balaban J connectivity index is 1.59. The molecule has 38 heavy (non-hydrogen) atoms. The molecule has 204 valence electrons. The van der Waals surface area contributed by atoms with Gasteiger partial charge in [0.2, 0.25) is 5.91 Å². The Labute approximate surface area is 222 Å². The molecular formula is C28H35N3O7. The number of alkyl carbamates (subject to hydrolysis) is 2. The molecule has 1 aliphatic carbocycles. The first kappa shape index (κ1) is 28.5. The van der Waals surface area contributed by atoms with E-state index >= 15 is 0 Å². The fourth-order valence-electron chi connectivity index (χ4n) is 4.34. The van der Waals surface area contributed by atoms with E-state index in [2.05, 4.69) is 10.6 Å². The van der Waals surface area contributed by atoms with Crippen LogP contribution in [0.25, 0.3) is 11.1 Å². The van der Waals surface area contributed by atoms with Crippen molar-refractivity contribution in [3.05, 3.63) is 59.7 Å². The molecule has 0 heterocycles. The van der Waals surface area contributed by atoms with Crippen LogP contribution in [0.2, 0.25) is 0 Å². The van der Waals surface area contributed by atoms with E-state index in [1.165, 1.54) is 4.90 Å². The highest BCUT2D eigenvalue weighted by Gasteiger charge is 2.30. The van der Waals surface area contributed by atoms with Crippen LogP contribution in [0.3, 0.4) is 0 Å². The summed E-state index contributed by atoms with van der Waals surface area (Å²) in [6.07, 6.45) is -1.41. The van der Waals surface area contributed by atoms with Gasteiger partial charge in [0.15, 0.2) is 0 Å². The van der Waals surface area contributed by atoms with Crippen LogP contribution in [0, 0.1) is 0 Å². The van der Waals surface area contributed by atoms with Crippen LogP contribution in [0.4, 0.5) is 9.59 Å². The number of fused-ring (bicyclic) bond motifs is 3. The third-order valence-electron chi connectivity index (χ3n) is 6.04. The van der Waals surface area contributed by atoms with Gasteiger partial charge in [-0.2, -0.15) is 0 Å². The predicted octanol–water partition coefficient (Wildman–Crippen LogP) is 3.74. The maximum atomic E-state index is 12.6. The Morgan fingerprint density at radius 1 is 0.974 bits per heavy atom. The maximum absolute atomic E-state index is 12.6. The van der Waals surface area contributed by atoms with Gasteiger partial charge >= 0.3 is 18.2 Å². The molecule has 10 heteroatoms. The lowest BCUT2D eigenvalue weighted by atomic mass is 9.98. The molecule has 0 spiro atoms. The summed E-state index contributed by atoms with van der Waals surface area (Å²) < 4.78 is 10.6. The summed E-state index contributed by atoms with van der Waals surface area (Å²) in [5.41, 5.74) is 3.55. The SMILES string of the molecule is CCC(=O)N(CCNC(=O)OC(C)(C)C)C[C@H](NC(=O)OCC1c2ccccc2-c2ccccc21)C(=O)O. The van der Waals surface area contributed by atoms with Gasteiger partial charge in [0.25, 0.3) is 0 Å². The number of rotatable bonds is 10. The van der Waals surface area contributed by atoms with Crippen molar-refractivity contribution in [1.29, 1.82) is 0 Å². The molecule has 3 N–H and O–H groups in total. The summed E-state index contributed by atoms with van der Waals surface area (Å²) >= 11 is 0. The highest BCUT2D eigenvalue weighted by Crippen LogP contribution is 2.44. The molecule has 10 nitrogen and oxygen atoms in total. The van der Waals surface area contributed by atoms with Gasteiger partial charge in [-0.05, 0) is 43.0 Å². The summed E-state index contributed by atoms with van der Waals surface area (Å²) in [5.74, 6) is -1.81. The predicted molar refractivity (Wildman–Crippen MR) is 141 cm³/mol. The summed E-state index contributed by atoms with van der Waals surface area (Å²) in [7, 11) is 0. The minimum Gasteiger partial charge on any atom is -0.480 e. The minimum atomic E-state index is -1.40. The lowest BCUT2D eigenvalue weighted by molar-refractivity contribution is -0.141. The fourth-order valence-corrected chi connectivity index (χ4v) is 4.34. The molecule has 3 rings (SSSR count). The van der Waals surface area contributed by atoms with E-state index < -0.39 is 29.8 Å². The van der Waals surface area contributed by atoms with Crippen LogP contribution in [0.15, 0.2) is 48.5 Å². The zero-order chi connectivity index (χ0) is 27.9. The number of benzene rings is 2. The van der Waals surface area contributed by atoms with Crippen molar-refractivity contribution < 1.29 is 33.8 Å². The van der Waals surface area contributed by atoms with Crippen molar-refractivity contribution >= 4 is 24.1 Å². The highest BCUT2D eigenvalue weighted by molar-refractivity contribution is 5.82. The average molecular weight is 526 g/mol. The number of ether oxygens (including phenoxy) is 2. The summed E-state index contributed by atoms with van der Waals surface area (Å²) in [6.45, 7) is 6.67. The number of nitrogens with one attached hydrogen (secondary N) is 2. The first-order valence-corrected chi connectivity index (χ1v) is 12.6. The van der Waals surface area contributed by atoms with Gasteiger partial charge in [-0.25, -0.2) is 14.4 Å². The minimum absolute atomic E-state index is 0.0314. The van der Waals surface area contributed by atoms with Crippen LogP contribution in [-0.2, 0) is 19.1 Å². The molecule has 1 atom stereocenters. The Kier molecular flexibility index (Phi) is 9.33. The van der Waals surface area contributed by atoms with E-state index in [0.717, 1.165) is 22.3 Å². The zero-order valence-electron chi connectivity index (χ0n) is 22.2. The number of hydrogen-bond donors (Lipinski definition) is 3. The second-order valence-corrected chi connectivity index (χ2v) is 9.98. The van der Waals surface area contributed by atoms with Gasteiger partial charge in [-0.3, -0.25) is 4.79 Å². The molecule has 0 radical (unpaired) electrons. The Hall–Kier alpha value is -4.08. The van der Waals surface area contributed by atoms with Crippen molar-refractivity contribution in [1.82, 2.24) is 15.5 Å². The quantitative estimate of drug-likeness (QED) is 0.430. The normalized spacial score (nSPS) is 13.1. The van der Waals surface area contributed by atoms with Crippen LogP contribution < -0.4 is 10.6 Å². The molecule has 0 saturated carbocycles. The number of carbonyl (C=O) groups excluding carboxylic acids is 3. The second kappa shape index (κ2) is 12.4. The van der Waals surface area contributed by atoms with Crippen molar-refractivity contribution in [2.45, 2.75) is 51.7 Å². The number of carboxylic acids is 1. The van der Waals surface area contributed by atoms with E-state index in [-0.39, 0.29) is 44.5 Å². The first-order valence-electron chi connectivity index (χ1n) is 12.6. The van der Waals surface area contributed by atoms with Crippen molar-refractivity contribution in [3.8, 4) is 11.1 Å². The highest BCUT2D eigenvalue weighted by atomic mass is 16.6. The van der Waals surface area contributed by atoms with E-state index in [1.54, 1.807) is 27.7 Å². The zero-order valence-corrected chi connectivity index (χ0v) is 22.2. The maximum Gasteiger partial charge on any atom is 0.407 e. The van der Waals surface area contributed by atoms with Crippen molar-refractivity contribution in [3.63, 3.8) is 0 Å². The molecule has 0 saturated heterocycles. The monoisotopic (exact) mass is 525 g/mol.